The first-order valence-corrected chi connectivity index (χ1v) is 6.86. The van der Waals surface area contributed by atoms with E-state index in [9.17, 15) is 4.79 Å². The second kappa shape index (κ2) is 9.31. The number of ether oxygens (including phenoxy) is 1. The molecule has 0 N–H and O–H groups in total. The molecular formula is C10H20O6Si. The fourth-order valence-corrected chi connectivity index (χ4v) is 2.29. The average Bonchev–Trinajstić information content (AvgIpc) is 2.35. The molecule has 0 saturated carbocycles. The number of hydrogen-bond donors (Lipinski definition) is 0. The summed E-state index contributed by atoms with van der Waals surface area (Å²) in [5.74, 6) is -0.360. The Labute approximate surface area is 103 Å². The predicted octanol–water partition coefficient (Wildman–Crippen LogP) is 0.887. The summed E-state index contributed by atoms with van der Waals surface area (Å²) in [6, 6.07) is 0. The smallest absolute Gasteiger partial charge is 0.462 e. The zero-order chi connectivity index (χ0) is 13.1. The average molecular weight is 264 g/mol. The molecule has 0 aromatic heterocycles. The highest BCUT2D eigenvalue weighted by molar-refractivity contribution is 6.53. The number of esters is 1. The fourth-order valence-electron chi connectivity index (χ4n) is 1.04. The van der Waals surface area contributed by atoms with Gasteiger partial charge in [0, 0.05) is 40.4 Å². The lowest BCUT2D eigenvalue weighted by molar-refractivity contribution is -0.138. The van der Waals surface area contributed by atoms with Crippen molar-refractivity contribution in [1.82, 2.24) is 0 Å². The Morgan fingerprint density at radius 2 is 1.71 bits per heavy atom. The predicted molar refractivity (Wildman–Crippen MR) is 63.1 cm³/mol. The lowest BCUT2D eigenvalue weighted by Crippen LogP contribution is -2.46. The van der Waals surface area contributed by atoms with Gasteiger partial charge in [0.15, 0.2) is 0 Å². The van der Waals surface area contributed by atoms with Gasteiger partial charge in [-0.1, -0.05) is 6.08 Å². The molecule has 0 amide bonds. The lowest BCUT2D eigenvalue weighted by atomic mass is 10.5. The molecule has 0 atom stereocenters. The molecule has 0 spiro atoms. The van der Waals surface area contributed by atoms with Gasteiger partial charge in [0.2, 0.25) is 0 Å². The number of carbonyl (C=O) groups is 1. The van der Waals surface area contributed by atoms with Crippen molar-refractivity contribution in [1.29, 1.82) is 0 Å². The molecule has 0 bridgehead atoms. The first-order chi connectivity index (χ1) is 8.14. The van der Waals surface area contributed by atoms with Crippen LogP contribution in [0.3, 0.4) is 0 Å². The molecule has 17 heavy (non-hydrogen) atoms. The minimum atomic E-state index is -2.96. The standard InChI is InChI=1S/C10H20O6Si/c1-5-7-10(11)15-8-6-9-16-17(12-2,13-3)14-4/h5,7H,6,8-9H2,1-4H3. The Kier molecular flexibility index (Phi) is 8.91. The van der Waals surface area contributed by atoms with Gasteiger partial charge in [0.1, 0.15) is 0 Å². The van der Waals surface area contributed by atoms with E-state index < -0.39 is 9.05 Å². The van der Waals surface area contributed by atoms with E-state index in [2.05, 4.69) is 0 Å². The lowest BCUT2D eigenvalue weighted by Gasteiger charge is -2.22. The maximum atomic E-state index is 11.0. The summed E-state index contributed by atoms with van der Waals surface area (Å²) >= 11 is 0. The van der Waals surface area contributed by atoms with Gasteiger partial charge in [-0.3, -0.25) is 0 Å². The molecule has 0 saturated heterocycles. The molecule has 100 valence electrons. The van der Waals surface area contributed by atoms with Crippen LogP contribution in [-0.4, -0.2) is 49.6 Å². The first-order valence-electron chi connectivity index (χ1n) is 5.23. The Balaban J connectivity index is 3.72. The number of carbonyl (C=O) groups excluding carboxylic acids is 1. The third-order valence-corrected chi connectivity index (χ3v) is 3.92. The van der Waals surface area contributed by atoms with Crippen molar-refractivity contribution in [3.63, 3.8) is 0 Å². The van der Waals surface area contributed by atoms with Crippen LogP contribution in [0, 0.1) is 0 Å². The molecule has 0 aromatic rings. The molecule has 0 radical (unpaired) electrons. The van der Waals surface area contributed by atoms with Crippen LogP contribution < -0.4 is 0 Å². The van der Waals surface area contributed by atoms with Crippen molar-refractivity contribution in [2.75, 3.05) is 34.5 Å². The highest BCUT2D eigenvalue weighted by Crippen LogP contribution is 2.08. The van der Waals surface area contributed by atoms with E-state index >= 15 is 0 Å². The molecule has 0 heterocycles. The molecule has 0 fully saturated rings. The summed E-state index contributed by atoms with van der Waals surface area (Å²) in [4.78, 5) is 11.0. The van der Waals surface area contributed by atoms with Crippen LogP contribution in [0.1, 0.15) is 13.3 Å². The fraction of sp³-hybridized carbons (Fsp3) is 0.700. The molecule has 0 aliphatic heterocycles. The molecule has 0 rings (SSSR count). The van der Waals surface area contributed by atoms with E-state index in [1.54, 1.807) is 13.0 Å². The van der Waals surface area contributed by atoms with E-state index in [0.717, 1.165) is 0 Å². The van der Waals surface area contributed by atoms with Gasteiger partial charge in [-0.2, -0.15) is 0 Å². The van der Waals surface area contributed by atoms with Crippen molar-refractivity contribution in [2.45, 2.75) is 13.3 Å². The van der Waals surface area contributed by atoms with E-state index in [1.807, 2.05) is 0 Å². The van der Waals surface area contributed by atoms with Crippen LogP contribution in [0.25, 0.3) is 0 Å². The second-order valence-corrected chi connectivity index (χ2v) is 5.50. The Hall–Kier alpha value is -0.733. The van der Waals surface area contributed by atoms with E-state index in [-0.39, 0.29) is 12.6 Å². The van der Waals surface area contributed by atoms with Crippen molar-refractivity contribution in [2.24, 2.45) is 0 Å². The van der Waals surface area contributed by atoms with Gasteiger partial charge in [-0.25, -0.2) is 4.79 Å². The van der Waals surface area contributed by atoms with Crippen molar-refractivity contribution < 1.29 is 27.2 Å². The molecule has 0 aromatic carbocycles. The van der Waals surface area contributed by atoms with Gasteiger partial charge in [0.25, 0.3) is 0 Å². The molecule has 0 aliphatic rings. The zero-order valence-corrected chi connectivity index (χ0v) is 11.7. The van der Waals surface area contributed by atoms with Crippen LogP contribution in [-0.2, 0) is 27.2 Å². The molecule has 0 aliphatic carbocycles. The van der Waals surface area contributed by atoms with Crippen LogP contribution in [0.15, 0.2) is 12.2 Å². The zero-order valence-electron chi connectivity index (χ0n) is 10.7. The summed E-state index contributed by atoms with van der Waals surface area (Å²) < 4.78 is 25.4. The summed E-state index contributed by atoms with van der Waals surface area (Å²) in [5.41, 5.74) is 0. The number of allylic oxidation sites excluding steroid dienone is 1. The van der Waals surface area contributed by atoms with Gasteiger partial charge >= 0.3 is 15.0 Å². The van der Waals surface area contributed by atoms with Gasteiger partial charge < -0.3 is 22.4 Å². The molecule has 6 nitrogen and oxygen atoms in total. The topological polar surface area (TPSA) is 63.2 Å². The number of rotatable bonds is 9. The maximum Gasteiger partial charge on any atom is 0.678 e. The molecular weight excluding hydrogens is 244 g/mol. The Bertz CT molecular complexity index is 231. The molecule has 7 heteroatoms. The maximum absolute atomic E-state index is 11.0. The monoisotopic (exact) mass is 264 g/mol. The minimum Gasteiger partial charge on any atom is -0.462 e. The highest BCUT2D eigenvalue weighted by Gasteiger charge is 2.41. The summed E-state index contributed by atoms with van der Waals surface area (Å²) in [6.07, 6.45) is 3.53. The van der Waals surface area contributed by atoms with Crippen LogP contribution >= 0.6 is 0 Å². The van der Waals surface area contributed by atoms with Crippen molar-refractivity contribution in [3.05, 3.63) is 12.2 Å². The third-order valence-electron chi connectivity index (χ3n) is 1.86. The third kappa shape index (κ3) is 6.54. The highest BCUT2D eigenvalue weighted by atomic mass is 28.4. The van der Waals surface area contributed by atoms with E-state index in [4.69, 9.17) is 22.4 Å². The molecule has 0 unspecified atom stereocenters. The summed E-state index contributed by atoms with van der Waals surface area (Å²) in [5, 5.41) is 0. The summed E-state index contributed by atoms with van der Waals surface area (Å²) in [6.45, 7) is 2.37. The first kappa shape index (κ1) is 16.3. The van der Waals surface area contributed by atoms with Gasteiger partial charge in [-0.05, 0) is 6.92 Å². The normalized spacial score (nSPS) is 12.0. The van der Waals surface area contributed by atoms with E-state index in [1.165, 1.54) is 27.4 Å². The van der Waals surface area contributed by atoms with Crippen molar-refractivity contribution >= 4 is 15.0 Å². The SMILES string of the molecule is CC=CC(=O)OCCCO[Si](OC)(OC)OC. The van der Waals surface area contributed by atoms with Crippen molar-refractivity contribution in [3.8, 4) is 0 Å². The van der Waals surface area contributed by atoms with Crippen LogP contribution in [0.4, 0.5) is 0 Å². The van der Waals surface area contributed by atoms with Gasteiger partial charge in [-0.15, -0.1) is 0 Å². The van der Waals surface area contributed by atoms with Crippen LogP contribution in [0.2, 0.25) is 0 Å². The second-order valence-electron chi connectivity index (χ2n) is 2.98. The Morgan fingerprint density at radius 1 is 1.12 bits per heavy atom. The van der Waals surface area contributed by atoms with E-state index in [0.29, 0.717) is 13.0 Å². The number of hydrogen-bond acceptors (Lipinski definition) is 6. The quantitative estimate of drug-likeness (QED) is 0.267. The summed E-state index contributed by atoms with van der Waals surface area (Å²) in [7, 11) is 1.43. The largest absolute Gasteiger partial charge is 0.678 e. The Morgan fingerprint density at radius 3 is 2.18 bits per heavy atom. The van der Waals surface area contributed by atoms with Crippen LogP contribution in [0.5, 0.6) is 0 Å². The van der Waals surface area contributed by atoms with Gasteiger partial charge in [0.05, 0.1) is 6.61 Å². The minimum absolute atomic E-state index is 0.283.